The molecule has 0 aromatic carbocycles. The van der Waals surface area contributed by atoms with E-state index < -0.39 is 0 Å². The molecule has 3 N–H and O–H groups in total. The maximum atomic E-state index is 11.4. The lowest BCUT2D eigenvalue weighted by atomic mass is 9.81. The van der Waals surface area contributed by atoms with Crippen LogP contribution in [0.15, 0.2) is 0 Å². The molecule has 1 aliphatic carbocycles. The number of halogens is 1. The first-order valence-corrected chi connectivity index (χ1v) is 6.60. The molecule has 102 valence electrons. The number of hydrogen-bond donors (Lipinski definition) is 2. The van der Waals surface area contributed by atoms with Crippen molar-refractivity contribution < 1.29 is 4.79 Å². The zero-order valence-corrected chi connectivity index (χ0v) is 11.9. The van der Waals surface area contributed by atoms with Gasteiger partial charge in [-0.25, -0.2) is 0 Å². The van der Waals surface area contributed by atoms with E-state index in [2.05, 4.69) is 12.2 Å². The monoisotopic (exact) mass is 262 g/mol. The second-order valence-corrected chi connectivity index (χ2v) is 5.46. The van der Waals surface area contributed by atoms with Crippen LogP contribution in [0, 0.1) is 11.8 Å². The number of nitrogens with two attached hydrogens (primary N) is 1. The molecule has 1 aliphatic rings. The fraction of sp³-hybridized carbons (Fsp3) is 0.923. The van der Waals surface area contributed by atoms with Crippen molar-refractivity contribution in [2.75, 3.05) is 6.54 Å². The minimum absolute atomic E-state index is 0. The molecular formula is C13H27ClN2O. The lowest BCUT2D eigenvalue weighted by Crippen LogP contribution is -2.31. The number of nitrogens with one attached hydrogen (secondary N) is 1. The molecule has 1 fully saturated rings. The molecule has 0 radical (unpaired) electrons. The Hall–Kier alpha value is -0.280. The summed E-state index contributed by atoms with van der Waals surface area (Å²) >= 11 is 0. The summed E-state index contributed by atoms with van der Waals surface area (Å²) in [7, 11) is 0. The first kappa shape index (κ1) is 16.7. The van der Waals surface area contributed by atoms with E-state index in [0.29, 0.717) is 6.42 Å². The van der Waals surface area contributed by atoms with Gasteiger partial charge in [-0.2, -0.15) is 0 Å². The maximum Gasteiger partial charge on any atom is 0.221 e. The van der Waals surface area contributed by atoms with Gasteiger partial charge >= 0.3 is 0 Å². The smallest absolute Gasteiger partial charge is 0.221 e. The van der Waals surface area contributed by atoms with Crippen molar-refractivity contribution in [3.8, 4) is 0 Å². The minimum atomic E-state index is -0.0327. The first-order valence-electron chi connectivity index (χ1n) is 6.60. The Bertz CT molecular complexity index is 221. The van der Waals surface area contributed by atoms with Crippen LogP contribution in [0.1, 0.15) is 52.4 Å². The summed E-state index contributed by atoms with van der Waals surface area (Å²) in [5.74, 6) is 1.79. The predicted octanol–water partition coefficient (Wildman–Crippen LogP) is 2.48. The zero-order valence-electron chi connectivity index (χ0n) is 11.1. The zero-order chi connectivity index (χ0) is 12.0. The Kier molecular flexibility index (Phi) is 8.61. The fourth-order valence-corrected chi connectivity index (χ4v) is 2.60. The van der Waals surface area contributed by atoms with Gasteiger partial charge in [0.1, 0.15) is 0 Å². The van der Waals surface area contributed by atoms with Crippen molar-refractivity contribution in [1.82, 2.24) is 5.32 Å². The Balaban J connectivity index is 0.00000256. The van der Waals surface area contributed by atoms with Gasteiger partial charge < -0.3 is 11.1 Å². The third-order valence-corrected chi connectivity index (χ3v) is 3.43. The number of rotatable bonds is 5. The third-order valence-electron chi connectivity index (χ3n) is 3.43. The van der Waals surface area contributed by atoms with Crippen LogP contribution in [0.3, 0.4) is 0 Å². The molecule has 17 heavy (non-hydrogen) atoms. The average molecular weight is 263 g/mol. The van der Waals surface area contributed by atoms with Crippen LogP contribution < -0.4 is 11.1 Å². The largest absolute Gasteiger partial charge is 0.356 e. The van der Waals surface area contributed by atoms with Gasteiger partial charge in [-0.1, -0.05) is 26.2 Å². The van der Waals surface area contributed by atoms with E-state index in [0.717, 1.165) is 24.8 Å². The lowest BCUT2D eigenvalue weighted by molar-refractivity contribution is -0.121. The average Bonchev–Trinajstić information content (AvgIpc) is 2.16. The van der Waals surface area contributed by atoms with Crippen LogP contribution in [-0.2, 0) is 4.79 Å². The molecule has 3 atom stereocenters. The predicted molar refractivity (Wildman–Crippen MR) is 74.3 cm³/mol. The molecular weight excluding hydrogens is 236 g/mol. The molecule has 1 amide bonds. The first-order chi connectivity index (χ1) is 7.58. The van der Waals surface area contributed by atoms with Crippen molar-refractivity contribution in [2.45, 2.75) is 58.4 Å². The van der Waals surface area contributed by atoms with Crippen LogP contribution >= 0.6 is 12.4 Å². The summed E-state index contributed by atoms with van der Waals surface area (Å²) in [6.45, 7) is 5.02. The number of hydrogen-bond acceptors (Lipinski definition) is 2. The van der Waals surface area contributed by atoms with Crippen molar-refractivity contribution in [3.63, 3.8) is 0 Å². The molecule has 1 saturated carbocycles. The van der Waals surface area contributed by atoms with E-state index in [1.807, 2.05) is 6.92 Å². The molecule has 0 heterocycles. The van der Waals surface area contributed by atoms with Gasteiger partial charge in [-0.05, 0) is 31.6 Å². The summed E-state index contributed by atoms with van der Waals surface area (Å²) in [5.41, 5.74) is 5.57. The standard InChI is InChI=1S/C13H26N2O.ClH/c1-10-4-3-5-12(8-10)6-7-15-13(16)9-11(2)14;/h10-12H,3-9,14H2,1-2H3,(H,15,16);1H. The highest BCUT2D eigenvalue weighted by atomic mass is 35.5. The van der Waals surface area contributed by atoms with Gasteiger partial charge in [0.15, 0.2) is 0 Å². The Morgan fingerprint density at radius 3 is 2.76 bits per heavy atom. The maximum absolute atomic E-state index is 11.4. The quantitative estimate of drug-likeness (QED) is 0.800. The van der Waals surface area contributed by atoms with E-state index in [4.69, 9.17) is 5.73 Å². The molecule has 1 rings (SSSR count). The SMILES string of the molecule is CC(N)CC(=O)NCCC1CCCC(C)C1.Cl. The van der Waals surface area contributed by atoms with Crippen LogP contribution in [0.25, 0.3) is 0 Å². The van der Waals surface area contributed by atoms with Crippen LogP contribution in [0.2, 0.25) is 0 Å². The van der Waals surface area contributed by atoms with Gasteiger partial charge in [0.25, 0.3) is 0 Å². The Morgan fingerprint density at radius 2 is 2.18 bits per heavy atom. The van der Waals surface area contributed by atoms with E-state index >= 15 is 0 Å². The Labute approximate surface area is 111 Å². The second-order valence-electron chi connectivity index (χ2n) is 5.46. The van der Waals surface area contributed by atoms with Crippen LogP contribution in [-0.4, -0.2) is 18.5 Å². The summed E-state index contributed by atoms with van der Waals surface area (Å²) in [6, 6.07) is -0.0327. The normalized spacial score (nSPS) is 25.8. The molecule has 0 bridgehead atoms. The molecule has 0 spiro atoms. The van der Waals surface area contributed by atoms with Gasteiger partial charge in [0, 0.05) is 19.0 Å². The van der Waals surface area contributed by atoms with E-state index in [9.17, 15) is 4.79 Å². The summed E-state index contributed by atoms with van der Waals surface area (Å²) in [5, 5.41) is 2.96. The van der Waals surface area contributed by atoms with E-state index in [1.165, 1.54) is 25.7 Å². The summed E-state index contributed by atoms with van der Waals surface area (Å²) in [6.07, 6.45) is 7.00. The number of amides is 1. The van der Waals surface area contributed by atoms with Gasteiger partial charge in [-0.3, -0.25) is 4.79 Å². The van der Waals surface area contributed by atoms with Gasteiger partial charge in [-0.15, -0.1) is 12.4 Å². The molecule has 0 saturated heterocycles. The molecule has 0 aliphatic heterocycles. The molecule has 0 aromatic rings. The van der Waals surface area contributed by atoms with Crippen molar-refractivity contribution in [1.29, 1.82) is 0 Å². The van der Waals surface area contributed by atoms with Crippen LogP contribution in [0.4, 0.5) is 0 Å². The molecule has 4 heteroatoms. The fourth-order valence-electron chi connectivity index (χ4n) is 2.60. The molecule has 3 unspecified atom stereocenters. The van der Waals surface area contributed by atoms with E-state index in [-0.39, 0.29) is 24.4 Å². The molecule has 3 nitrogen and oxygen atoms in total. The highest BCUT2D eigenvalue weighted by molar-refractivity contribution is 5.85. The van der Waals surface area contributed by atoms with Crippen molar-refractivity contribution >= 4 is 18.3 Å². The topological polar surface area (TPSA) is 55.1 Å². The highest BCUT2D eigenvalue weighted by Gasteiger charge is 2.18. The van der Waals surface area contributed by atoms with Crippen LogP contribution in [0.5, 0.6) is 0 Å². The number of carbonyl (C=O) groups is 1. The second kappa shape index (κ2) is 8.76. The van der Waals surface area contributed by atoms with Gasteiger partial charge in [0.05, 0.1) is 0 Å². The van der Waals surface area contributed by atoms with E-state index in [1.54, 1.807) is 0 Å². The minimum Gasteiger partial charge on any atom is -0.356 e. The number of carbonyl (C=O) groups excluding carboxylic acids is 1. The highest BCUT2D eigenvalue weighted by Crippen LogP contribution is 2.30. The third kappa shape index (κ3) is 7.61. The molecule has 0 aromatic heterocycles. The van der Waals surface area contributed by atoms with Gasteiger partial charge in [0.2, 0.25) is 5.91 Å². The Morgan fingerprint density at radius 1 is 1.47 bits per heavy atom. The summed E-state index contributed by atoms with van der Waals surface area (Å²) in [4.78, 5) is 11.4. The van der Waals surface area contributed by atoms with Crippen molar-refractivity contribution in [3.05, 3.63) is 0 Å². The van der Waals surface area contributed by atoms with Crippen molar-refractivity contribution in [2.24, 2.45) is 17.6 Å². The summed E-state index contributed by atoms with van der Waals surface area (Å²) < 4.78 is 0. The lowest BCUT2D eigenvalue weighted by Gasteiger charge is -2.26.